The molecule has 0 atom stereocenters. The Morgan fingerprint density at radius 1 is 0.750 bits per heavy atom. The molecule has 3 aromatic rings. The Morgan fingerprint density at radius 2 is 1.43 bits per heavy atom. The SMILES string of the molecule is Cc1ccc(NC(=O)c2cccc(C(=O)Nc3ccc(F)c(F)c3)c2)c(C)c1. The molecule has 6 heteroatoms. The molecule has 0 saturated carbocycles. The number of amides is 2. The fourth-order valence-electron chi connectivity index (χ4n) is 2.73. The molecule has 142 valence electrons. The second kappa shape index (κ2) is 8.00. The van der Waals surface area contributed by atoms with Crippen LogP contribution in [0.15, 0.2) is 60.7 Å². The van der Waals surface area contributed by atoms with E-state index >= 15 is 0 Å². The van der Waals surface area contributed by atoms with Gasteiger partial charge < -0.3 is 10.6 Å². The van der Waals surface area contributed by atoms with Crippen LogP contribution < -0.4 is 10.6 Å². The number of benzene rings is 3. The van der Waals surface area contributed by atoms with Crippen molar-refractivity contribution in [2.24, 2.45) is 0 Å². The third-order valence-electron chi connectivity index (χ3n) is 4.19. The van der Waals surface area contributed by atoms with E-state index in [1.807, 2.05) is 32.0 Å². The molecule has 2 N–H and O–H groups in total. The van der Waals surface area contributed by atoms with Crippen LogP contribution in [0.1, 0.15) is 31.8 Å². The Kier molecular flexibility index (Phi) is 5.49. The lowest BCUT2D eigenvalue weighted by Gasteiger charge is -2.10. The molecule has 28 heavy (non-hydrogen) atoms. The van der Waals surface area contributed by atoms with E-state index in [-0.39, 0.29) is 17.2 Å². The fraction of sp³-hybridized carbons (Fsp3) is 0.0909. The summed E-state index contributed by atoms with van der Waals surface area (Å²) in [6.45, 7) is 3.86. The zero-order chi connectivity index (χ0) is 20.3. The number of carbonyl (C=O) groups is 2. The number of hydrogen-bond donors (Lipinski definition) is 2. The van der Waals surface area contributed by atoms with Crippen molar-refractivity contribution in [1.29, 1.82) is 0 Å². The van der Waals surface area contributed by atoms with Crippen LogP contribution in [0.3, 0.4) is 0 Å². The van der Waals surface area contributed by atoms with Crippen molar-refractivity contribution in [3.63, 3.8) is 0 Å². The van der Waals surface area contributed by atoms with Gasteiger partial charge in [-0.15, -0.1) is 0 Å². The molecule has 0 heterocycles. The molecule has 0 saturated heterocycles. The van der Waals surface area contributed by atoms with Crippen molar-refractivity contribution in [3.05, 3.63) is 94.6 Å². The van der Waals surface area contributed by atoms with Crippen LogP contribution in [0, 0.1) is 25.5 Å². The summed E-state index contributed by atoms with van der Waals surface area (Å²) in [4.78, 5) is 24.9. The molecule has 0 bridgehead atoms. The molecule has 0 radical (unpaired) electrons. The van der Waals surface area contributed by atoms with Gasteiger partial charge in [-0.1, -0.05) is 23.8 Å². The first kappa shape index (κ1) is 19.2. The van der Waals surface area contributed by atoms with Gasteiger partial charge in [0.05, 0.1) is 0 Å². The summed E-state index contributed by atoms with van der Waals surface area (Å²) in [6.07, 6.45) is 0. The van der Waals surface area contributed by atoms with Crippen molar-refractivity contribution in [2.75, 3.05) is 10.6 Å². The first-order valence-electron chi connectivity index (χ1n) is 8.58. The summed E-state index contributed by atoms with van der Waals surface area (Å²) in [6, 6.07) is 14.9. The average Bonchev–Trinajstić information content (AvgIpc) is 2.67. The molecule has 4 nitrogen and oxygen atoms in total. The minimum absolute atomic E-state index is 0.119. The van der Waals surface area contributed by atoms with Crippen LogP contribution in [-0.2, 0) is 0 Å². The Bertz CT molecular complexity index is 1060. The van der Waals surface area contributed by atoms with E-state index in [4.69, 9.17) is 0 Å². The summed E-state index contributed by atoms with van der Waals surface area (Å²) >= 11 is 0. The molecule has 0 aliphatic heterocycles. The van der Waals surface area contributed by atoms with E-state index in [1.54, 1.807) is 12.1 Å². The second-order valence-corrected chi connectivity index (χ2v) is 6.44. The third kappa shape index (κ3) is 4.40. The Hall–Kier alpha value is -3.54. The van der Waals surface area contributed by atoms with Crippen LogP contribution in [0.5, 0.6) is 0 Å². The predicted molar refractivity (Wildman–Crippen MR) is 105 cm³/mol. The maximum Gasteiger partial charge on any atom is 0.255 e. The van der Waals surface area contributed by atoms with Crippen LogP contribution in [0.4, 0.5) is 20.2 Å². The number of nitrogens with one attached hydrogen (secondary N) is 2. The minimum Gasteiger partial charge on any atom is -0.322 e. The first-order valence-corrected chi connectivity index (χ1v) is 8.58. The number of anilines is 2. The molecular weight excluding hydrogens is 362 g/mol. The summed E-state index contributed by atoms with van der Waals surface area (Å²) in [7, 11) is 0. The van der Waals surface area contributed by atoms with Crippen LogP contribution in [0.25, 0.3) is 0 Å². The Labute approximate surface area is 161 Å². The summed E-state index contributed by atoms with van der Waals surface area (Å²) in [5, 5.41) is 5.30. The highest BCUT2D eigenvalue weighted by atomic mass is 19.2. The summed E-state index contributed by atoms with van der Waals surface area (Å²) < 4.78 is 26.3. The van der Waals surface area contributed by atoms with E-state index in [9.17, 15) is 18.4 Å². The highest BCUT2D eigenvalue weighted by molar-refractivity contribution is 6.08. The zero-order valence-corrected chi connectivity index (χ0v) is 15.3. The summed E-state index contributed by atoms with van der Waals surface area (Å²) in [5.74, 6) is -2.94. The minimum atomic E-state index is -1.06. The van der Waals surface area contributed by atoms with E-state index in [2.05, 4.69) is 10.6 Å². The fourth-order valence-corrected chi connectivity index (χ4v) is 2.73. The van der Waals surface area contributed by atoms with E-state index < -0.39 is 17.5 Å². The van der Waals surface area contributed by atoms with E-state index in [1.165, 1.54) is 18.2 Å². The molecule has 0 aliphatic rings. The molecule has 0 spiro atoms. The number of halogens is 2. The number of hydrogen-bond acceptors (Lipinski definition) is 2. The third-order valence-corrected chi connectivity index (χ3v) is 4.19. The van der Waals surface area contributed by atoms with Gasteiger partial charge in [-0.2, -0.15) is 0 Å². The van der Waals surface area contributed by atoms with Gasteiger partial charge in [0.25, 0.3) is 11.8 Å². The molecule has 3 aromatic carbocycles. The van der Waals surface area contributed by atoms with Crippen molar-refractivity contribution < 1.29 is 18.4 Å². The maximum atomic E-state index is 13.3. The Morgan fingerprint density at radius 3 is 2.07 bits per heavy atom. The Balaban J connectivity index is 1.76. The predicted octanol–water partition coefficient (Wildman–Crippen LogP) is 5.09. The highest BCUT2D eigenvalue weighted by Gasteiger charge is 2.13. The molecule has 0 fully saturated rings. The van der Waals surface area contributed by atoms with Crippen LogP contribution in [-0.4, -0.2) is 11.8 Å². The van der Waals surface area contributed by atoms with E-state index in [0.717, 1.165) is 23.3 Å². The summed E-state index contributed by atoms with van der Waals surface area (Å²) in [5.41, 5.74) is 3.35. The molecule has 0 unspecified atom stereocenters. The number of aryl methyl sites for hydroxylation is 2. The van der Waals surface area contributed by atoms with Gasteiger partial charge in [0.1, 0.15) is 0 Å². The monoisotopic (exact) mass is 380 g/mol. The molecular formula is C22H18F2N2O2. The van der Waals surface area contributed by atoms with E-state index in [0.29, 0.717) is 11.3 Å². The average molecular weight is 380 g/mol. The standard InChI is InChI=1S/C22H18F2N2O2/c1-13-6-9-20(14(2)10-13)26-22(28)16-5-3-4-15(11-16)21(27)25-17-7-8-18(23)19(24)12-17/h3-12H,1-2H3,(H,25,27)(H,26,28). The van der Waals surface area contributed by atoms with Gasteiger partial charge in [0, 0.05) is 28.6 Å². The van der Waals surface area contributed by atoms with Crippen molar-refractivity contribution in [3.8, 4) is 0 Å². The normalized spacial score (nSPS) is 10.4. The topological polar surface area (TPSA) is 58.2 Å². The largest absolute Gasteiger partial charge is 0.322 e. The van der Waals surface area contributed by atoms with Gasteiger partial charge in [-0.25, -0.2) is 8.78 Å². The quantitative estimate of drug-likeness (QED) is 0.663. The van der Waals surface area contributed by atoms with Gasteiger partial charge >= 0.3 is 0 Å². The van der Waals surface area contributed by atoms with Crippen LogP contribution >= 0.6 is 0 Å². The zero-order valence-electron chi connectivity index (χ0n) is 15.3. The lowest BCUT2D eigenvalue weighted by atomic mass is 10.1. The maximum absolute atomic E-state index is 13.3. The molecule has 0 aromatic heterocycles. The van der Waals surface area contributed by atoms with Gasteiger partial charge in [0.15, 0.2) is 11.6 Å². The van der Waals surface area contributed by atoms with Crippen LogP contribution in [0.2, 0.25) is 0 Å². The smallest absolute Gasteiger partial charge is 0.255 e. The lowest BCUT2D eigenvalue weighted by molar-refractivity contribution is 0.102. The molecule has 3 rings (SSSR count). The first-order chi connectivity index (χ1) is 13.3. The van der Waals surface area contributed by atoms with Gasteiger partial charge in [-0.3, -0.25) is 9.59 Å². The van der Waals surface area contributed by atoms with Gasteiger partial charge in [0.2, 0.25) is 0 Å². The van der Waals surface area contributed by atoms with Crippen molar-refractivity contribution in [2.45, 2.75) is 13.8 Å². The highest BCUT2D eigenvalue weighted by Crippen LogP contribution is 2.18. The van der Waals surface area contributed by atoms with Gasteiger partial charge in [-0.05, 0) is 55.8 Å². The second-order valence-electron chi connectivity index (χ2n) is 6.44. The van der Waals surface area contributed by atoms with Crippen molar-refractivity contribution in [1.82, 2.24) is 0 Å². The lowest BCUT2D eigenvalue weighted by Crippen LogP contribution is -2.16. The number of carbonyl (C=O) groups excluding carboxylic acids is 2. The molecule has 0 aliphatic carbocycles. The van der Waals surface area contributed by atoms with Crippen molar-refractivity contribution >= 4 is 23.2 Å². The number of rotatable bonds is 4. The molecule has 2 amide bonds.